The van der Waals surface area contributed by atoms with Crippen molar-refractivity contribution in [2.45, 2.75) is 105 Å². The number of carbonyl (C=O) groups is 1. The van der Waals surface area contributed by atoms with Gasteiger partial charge in [-0.3, -0.25) is 0 Å². The predicted octanol–water partition coefficient (Wildman–Crippen LogP) is 9.78. The van der Waals surface area contributed by atoms with Crippen LogP contribution in [0.2, 0.25) is 0 Å². The molecule has 5 rings (SSSR count). The van der Waals surface area contributed by atoms with E-state index in [4.69, 9.17) is 9.47 Å². The largest absolute Gasteiger partial charge is 0.504 e. The highest BCUT2D eigenvalue weighted by Crippen LogP contribution is 2.67. The number of phenolic OH excluding ortho intramolecular Hbond substituents is 1. The summed E-state index contributed by atoms with van der Waals surface area (Å²) in [5.41, 5.74) is 3.01. The van der Waals surface area contributed by atoms with E-state index in [1.165, 1.54) is 51.7 Å². The van der Waals surface area contributed by atoms with Gasteiger partial charge in [0.2, 0.25) is 0 Å². The molecular formula is C39H56O4. The van der Waals surface area contributed by atoms with E-state index >= 15 is 0 Å². The van der Waals surface area contributed by atoms with E-state index in [-0.39, 0.29) is 23.2 Å². The quantitative estimate of drug-likeness (QED) is 0.177. The fraction of sp³-hybridized carbons (Fsp3) is 0.667. The highest BCUT2D eigenvalue weighted by atomic mass is 16.5. The maximum Gasteiger partial charge on any atom is 0.331 e. The molecule has 4 heteroatoms. The second kappa shape index (κ2) is 12.9. The zero-order valence-corrected chi connectivity index (χ0v) is 27.8. The molecule has 3 fully saturated rings. The summed E-state index contributed by atoms with van der Waals surface area (Å²) in [6.07, 6.45) is 21.6. The Balaban J connectivity index is 1.22. The average molecular weight is 589 g/mol. The van der Waals surface area contributed by atoms with E-state index in [0.29, 0.717) is 28.9 Å². The minimum absolute atomic E-state index is 0.0579. The normalized spacial score (nSPS) is 35.3. The molecule has 0 aliphatic heterocycles. The Kier molecular flexibility index (Phi) is 9.54. The van der Waals surface area contributed by atoms with Crippen molar-refractivity contribution in [1.29, 1.82) is 0 Å². The molecule has 3 saturated carbocycles. The lowest BCUT2D eigenvalue weighted by molar-refractivity contribution is -0.145. The van der Waals surface area contributed by atoms with Crippen molar-refractivity contribution >= 4 is 12.0 Å². The van der Waals surface area contributed by atoms with Gasteiger partial charge in [-0.1, -0.05) is 71.4 Å². The Labute approximate surface area is 261 Å². The number of hydrogen-bond acceptors (Lipinski definition) is 4. The number of fused-ring (bicyclic) bond motifs is 5. The first-order chi connectivity index (χ1) is 20.5. The maximum atomic E-state index is 12.7. The lowest BCUT2D eigenvalue weighted by atomic mass is 9.47. The van der Waals surface area contributed by atoms with Crippen molar-refractivity contribution in [3.63, 3.8) is 0 Å². The number of methoxy groups -OCH3 is 1. The minimum atomic E-state index is -0.304. The van der Waals surface area contributed by atoms with Crippen molar-refractivity contribution < 1.29 is 19.4 Å². The van der Waals surface area contributed by atoms with E-state index < -0.39 is 0 Å². The second-order valence-electron chi connectivity index (χ2n) is 15.1. The number of rotatable bonds is 9. The average Bonchev–Trinajstić information content (AvgIpc) is 3.34. The molecule has 1 aromatic rings. The van der Waals surface area contributed by atoms with Crippen LogP contribution in [-0.2, 0) is 9.53 Å². The number of benzene rings is 1. The number of carbonyl (C=O) groups excluding carboxylic acids is 1. The van der Waals surface area contributed by atoms with Gasteiger partial charge in [0.05, 0.1) is 7.11 Å². The van der Waals surface area contributed by atoms with Gasteiger partial charge in [-0.25, -0.2) is 4.79 Å². The highest BCUT2D eigenvalue weighted by Gasteiger charge is 2.59. The zero-order chi connectivity index (χ0) is 30.9. The zero-order valence-electron chi connectivity index (χ0n) is 27.8. The van der Waals surface area contributed by atoms with Crippen LogP contribution in [0.4, 0.5) is 0 Å². The molecule has 0 heterocycles. The Morgan fingerprint density at radius 1 is 1.07 bits per heavy atom. The monoisotopic (exact) mass is 588 g/mol. The van der Waals surface area contributed by atoms with Crippen LogP contribution < -0.4 is 4.74 Å². The summed E-state index contributed by atoms with van der Waals surface area (Å²) < 4.78 is 11.1. The molecule has 0 saturated heterocycles. The van der Waals surface area contributed by atoms with Crippen molar-refractivity contribution in [2.75, 3.05) is 7.11 Å². The summed E-state index contributed by atoms with van der Waals surface area (Å²) in [6, 6.07) is 5.04. The van der Waals surface area contributed by atoms with Crippen molar-refractivity contribution in [2.24, 2.45) is 52.3 Å². The van der Waals surface area contributed by atoms with Gasteiger partial charge in [-0.15, -0.1) is 0 Å². The Morgan fingerprint density at radius 2 is 1.86 bits per heavy atom. The van der Waals surface area contributed by atoms with Crippen LogP contribution in [0.1, 0.15) is 105 Å². The van der Waals surface area contributed by atoms with Gasteiger partial charge in [0.1, 0.15) is 6.10 Å². The van der Waals surface area contributed by atoms with E-state index in [1.54, 1.807) is 29.8 Å². The molecule has 9 atom stereocenters. The summed E-state index contributed by atoms with van der Waals surface area (Å²) in [4.78, 5) is 12.7. The number of ether oxygens (including phenoxy) is 2. The van der Waals surface area contributed by atoms with Crippen molar-refractivity contribution in [1.82, 2.24) is 0 Å². The van der Waals surface area contributed by atoms with Crippen LogP contribution in [0.3, 0.4) is 0 Å². The number of aromatic hydroxyl groups is 1. The van der Waals surface area contributed by atoms with Gasteiger partial charge in [-0.2, -0.15) is 0 Å². The fourth-order valence-electron chi connectivity index (χ4n) is 10.1. The molecule has 236 valence electrons. The highest BCUT2D eigenvalue weighted by molar-refractivity contribution is 5.87. The van der Waals surface area contributed by atoms with Crippen molar-refractivity contribution in [3.05, 3.63) is 53.6 Å². The van der Waals surface area contributed by atoms with Gasteiger partial charge in [-0.05, 0) is 127 Å². The first-order valence-electron chi connectivity index (χ1n) is 17.1. The third-order valence-electron chi connectivity index (χ3n) is 12.7. The summed E-state index contributed by atoms with van der Waals surface area (Å²) in [5, 5.41) is 9.82. The van der Waals surface area contributed by atoms with Gasteiger partial charge < -0.3 is 14.6 Å². The summed E-state index contributed by atoms with van der Waals surface area (Å²) in [7, 11) is 1.52. The number of esters is 1. The summed E-state index contributed by atoms with van der Waals surface area (Å²) in [5.74, 6) is 5.39. The van der Waals surface area contributed by atoms with Crippen LogP contribution >= 0.6 is 0 Å². The van der Waals surface area contributed by atoms with E-state index in [9.17, 15) is 9.90 Å². The predicted molar refractivity (Wildman–Crippen MR) is 176 cm³/mol. The van der Waals surface area contributed by atoms with Crippen LogP contribution in [0.25, 0.3) is 6.08 Å². The molecule has 43 heavy (non-hydrogen) atoms. The second-order valence-corrected chi connectivity index (χ2v) is 15.1. The molecular weight excluding hydrogens is 532 g/mol. The third-order valence-corrected chi connectivity index (χ3v) is 12.7. The van der Waals surface area contributed by atoms with Gasteiger partial charge in [0, 0.05) is 12.5 Å². The topological polar surface area (TPSA) is 55.8 Å². The minimum Gasteiger partial charge on any atom is -0.504 e. The molecule has 4 aliphatic carbocycles. The van der Waals surface area contributed by atoms with Crippen molar-refractivity contribution in [3.8, 4) is 11.5 Å². The molecule has 0 amide bonds. The van der Waals surface area contributed by atoms with Gasteiger partial charge >= 0.3 is 5.97 Å². The molecule has 1 aromatic carbocycles. The first-order valence-corrected chi connectivity index (χ1v) is 17.1. The molecule has 0 aromatic heterocycles. The van der Waals surface area contributed by atoms with Crippen LogP contribution in [0, 0.1) is 52.3 Å². The Bertz CT molecular complexity index is 1240. The Morgan fingerprint density at radius 3 is 2.58 bits per heavy atom. The van der Waals surface area contributed by atoms with Crippen LogP contribution in [-0.4, -0.2) is 24.3 Å². The number of allylic oxidation sites excluding steroid dienone is 3. The summed E-state index contributed by atoms with van der Waals surface area (Å²) in [6.45, 7) is 14.7. The lowest BCUT2D eigenvalue weighted by Gasteiger charge is -2.58. The molecule has 0 bridgehead atoms. The standard InChI is InChI=1S/C39H56O4/c1-8-28(25(2)3)12-9-26(4)32-15-16-33-31-14-13-29-24-30(19-21-38(29,5)34(31)20-22-39(32,33)6)43-37(41)18-11-27-10-17-35(40)36(23-27)42-7/h9-13,17-18,23,25-26,28,30-34,40H,8,14-16,19-22,24H2,1-7H3/t26-,28-,30-,31-,32-,33-,34+,38-,39+/m0/s1. The van der Waals surface area contributed by atoms with E-state index in [0.717, 1.165) is 48.5 Å². The van der Waals surface area contributed by atoms with Gasteiger partial charge in [0.15, 0.2) is 11.5 Å². The molecule has 0 spiro atoms. The molecule has 0 radical (unpaired) electrons. The van der Waals surface area contributed by atoms with Crippen LogP contribution in [0.5, 0.6) is 11.5 Å². The fourth-order valence-corrected chi connectivity index (χ4v) is 10.1. The smallest absolute Gasteiger partial charge is 0.331 e. The SMILES string of the molecule is CC[C@@H](C=C[C@H](C)[C@@H]1CC[C@H]2[C@@H]3CC=C4C[C@@H](OC(=O)C=Cc5ccc(O)c(OC)c5)CC[C@]4(C)[C@@H]3CC[C@@]21C)C(C)C. The van der Waals surface area contributed by atoms with E-state index in [1.807, 2.05) is 0 Å². The number of phenols is 1. The molecule has 1 N–H and O–H groups in total. The van der Waals surface area contributed by atoms with Crippen LogP contribution in [0.15, 0.2) is 48.1 Å². The third kappa shape index (κ3) is 6.22. The van der Waals surface area contributed by atoms with E-state index in [2.05, 4.69) is 59.8 Å². The molecule has 4 nitrogen and oxygen atoms in total. The number of hydrogen-bond donors (Lipinski definition) is 1. The molecule has 4 aliphatic rings. The molecule has 0 unspecified atom stereocenters. The first kappa shape index (κ1) is 31.9. The summed E-state index contributed by atoms with van der Waals surface area (Å²) >= 11 is 0. The van der Waals surface area contributed by atoms with Gasteiger partial charge in [0.25, 0.3) is 0 Å². The lowest BCUT2D eigenvalue weighted by Crippen LogP contribution is -2.51. The Hall–Kier alpha value is -2.49. The maximum absolute atomic E-state index is 12.7.